The van der Waals surface area contributed by atoms with Gasteiger partial charge in [0.2, 0.25) is 0 Å². The van der Waals surface area contributed by atoms with Crippen molar-refractivity contribution in [3.63, 3.8) is 0 Å². The van der Waals surface area contributed by atoms with Gasteiger partial charge in [-0.25, -0.2) is 0 Å². The lowest BCUT2D eigenvalue weighted by Gasteiger charge is -1.96. The van der Waals surface area contributed by atoms with Gasteiger partial charge in [0.05, 0.1) is 5.38 Å². The Balaban J connectivity index is 3.56. The van der Waals surface area contributed by atoms with Crippen LogP contribution < -0.4 is 5.73 Å². The summed E-state index contributed by atoms with van der Waals surface area (Å²) in [6.45, 7) is 1.78. The Morgan fingerprint density at radius 3 is 2.29 bits per heavy atom. The molecule has 0 aromatic rings. The maximum atomic E-state index is 5.47. The van der Waals surface area contributed by atoms with E-state index in [0.717, 1.165) is 0 Å². The number of alkyl halides is 1. The first kappa shape index (κ1) is 6.76. The molecule has 3 heteroatoms. The molecular formula is C4H9ClN2. The zero-order valence-electron chi connectivity index (χ0n) is 4.48. The van der Waals surface area contributed by atoms with E-state index in [1.54, 1.807) is 14.0 Å². The van der Waals surface area contributed by atoms with Crippen LogP contribution in [0.1, 0.15) is 6.92 Å². The summed E-state index contributed by atoms with van der Waals surface area (Å²) < 4.78 is 0. The van der Waals surface area contributed by atoms with Crippen LogP contribution in [0.25, 0.3) is 0 Å². The molecule has 0 fully saturated rings. The molecule has 7 heavy (non-hydrogen) atoms. The normalized spacial score (nSPS) is 16.7. The van der Waals surface area contributed by atoms with E-state index < -0.39 is 0 Å². The molecule has 0 aliphatic carbocycles. The van der Waals surface area contributed by atoms with Crippen molar-refractivity contribution in [2.45, 2.75) is 12.3 Å². The summed E-state index contributed by atoms with van der Waals surface area (Å²) >= 11 is 5.47. The second-order valence-electron chi connectivity index (χ2n) is 1.26. The van der Waals surface area contributed by atoms with Gasteiger partial charge in [-0.05, 0) is 6.92 Å². The number of amidine groups is 1. The van der Waals surface area contributed by atoms with Gasteiger partial charge in [0, 0.05) is 7.05 Å². The van der Waals surface area contributed by atoms with Gasteiger partial charge in [-0.2, -0.15) is 0 Å². The number of hydrogen-bond acceptors (Lipinski definition) is 1. The average Bonchev–Trinajstić information content (AvgIpc) is 1.65. The third-order valence-corrected chi connectivity index (χ3v) is 0.889. The lowest BCUT2D eigenvalue weighted by molar-refractivity contribution is 1.22. The van der Waals surface area contributed by atoms with Crippen molar-refractivity contribution >= 4 is 17.4 Å². The maximum absolute atomic E-state index is 5.47. The van der Waals surface area contributed by atoms with Crippen LogP contribution in [-0.4, -0.2) is 18.3 Å². The molecular weight excluding hydrogens is 112 g/mol. The Morgan fingerprint density at radius 1 is 1.86 bits per heavy atom. The number of nitrogens with two attached hydrogens (primary N) is 1. The molecule has 1 atom stereocenters. The molecule has 2 nitrogen and oxygen atoms in total. The molecule has 0 amide bonds. The Hall–Kier alpha value is -0.240. The van der Waals surface area contributed by atoms with Crippen molar-refractivity contribution < 1.29 is 0 Å². The largest absolute Gasteiger partial charge is 0.386 e. The summed E-state index contributed by atoms with van der Waals surface area (Å²) in [4.78, 5) is 3.65. The van der Waals surface area contributed by atoms with Gasteiger partial charge in [-0.1, -0.05) is 0 Å². The topological polar surface area (TPSA) is 38.4 Å². The molecule has 1 unspecified atom stereocenters. The van der Waals surface area contributed by atoms with Crippen LogP contribution >= 0.6 is 11.6 Å². The van der Waals surface area contributed by atoms with E-state index in [-0.39, 0.29) is 5.38 Å². The zero-order valence-corrected chi connectivity index (χ0v) is 5.24. The van der Waals surface area contributed by atoms with Crippen molar-refractivity contribution in [2.24, 2.45) is 10.7 Å². The fourth-order valence-electron chi connectivity index (χ4n) is 0.178. The maximum Gasteiger partial charge on any atom is 0.111 e. The lowest BCUT2D eigenvalue weighted by atomic mass is 10.4. The van der Waals surface area contributed by atoms with Crippen molar-refractivity contribution in [2.75, 3.05) is 7.05 Å². The summed E-state index contributed by atoms with van der Waals surface area (Å²) in [7, 11) is 1.62. The highest BCUT2D eigenvalue weighted by molar-refractivity contribution is 6.31. The van der Waals surface area contributed by atoms with Crippen molar-refractivity contribution in [1.82, 2.24) is 0 Å². The first-order chi connectivity index (χ1) is 3.18. The van der Waals surface area contributed by atoms with Crippen LogP contribution in [0.2, 0.25) is 0 Å². The summed E-state index contributed by atoms with van der Waals surface area (Å²) in [5.41, 5.74) is 5.23. The minimum Gasteiger partial charge on any atom is -0.386 e. The standard InChI is InChI=1S/C4H9ClN2/c1-3(5)4(6)7-2/h3H,1-2H3,(H2,6,7). The molecule has 0 bridgehead atoms. The molecule has 0 aliphatic rings. The fraction of sp³-hybridized carbons (Fsp3) is 0.750. The van der Waals surface area contributed by atoms with Gasteiger partial charge in [-0.3, -0.25) is 4.99 Å². The van der Waals surface area contributed by atoms with Crippen LogP contribution in [-0.2, 0) is 0 Å². The molecule has 42 valence electrons. The number of aliphatic imine (C=N–C) groups is 1. The summed E-state index contributed by atoms with van der Waals surface area (Å²) in [6.07, 6.45) is 0. The minimum absolute atomic E-state index is 0.134. The molecule has 0 spiro atoms. The molecule has 0 radical (unpaired) electrons. The highest BCUT2D eigenvalue weighted by Gasteiger charge is 1.96. The quantitative estimate of drug-likeness (QED) is 0.307. The second kappa shape index (κ2) is 2.86. The Morgan fingerprint density at radius 2 is 2.29 bits per heavy atom. The third kappa shape index (κ3) is 2.45. The van der Waals surface area contributed by atoms with Gasteiger partial charge < -0.3 is 5.73 Å². The van der Waals surface area contributed by atoms with Gasteiger partial charge >= 0.3 is 0 Å². The van der Waals surface area contributed by atoms with Crippen molar-refractivity contribution in [3.05, 3.63) is 0 Å². The van der Waals surface area contributed by atoms with Crippen LogP contribution in [0.5, 0.6) is 0 Å². The second-order valence-corrected chi connectivity index (χ2v) is 1.92. The van der Waals surface area contributed by atoms with E-state index in [1.807, 2.05) is 0 Å². The number of rotatable bonds is 1. The Bertz CT molecular complexity index is 77.8. The van der Waals surface area contributed by atoms with E-state index in [2.05, 4.69) is 4.99 Å². The van der Waals surface area contributed by atoms with E-state index >= 15 is 0 Å². The predicted octanol–water partition coefficient (Wildman–Crippen LogP) is 0.601. The lowest BCUT2D eigenvalue weighted by Crippen LogP contribution is -2.20. The monoisotopic (exact) mass is 120 g/mol. The summed E-state index contributed by atoms with van der Waals surface area (Å²) in [5.74, 6) is 0.488. The van der Waals surface area contributed by atoms with Gasteiger partial charge in [0.25, 0.3) is 0 Å². The summed E-state index contributed by atoms with van der Waals surface area (Å²) in [6, 6.07) is 0. The molecule has 0 heterocycles. The van der Waals surface area contributed by atoms with Gasteiger partial charge in [-0.15, -0.1) is 11.6 Å². The molecule has 0 saturated carbocycles. The van der Waals surface area contributed by atoms with Gasteiger partial charge in [0.15, 0.2) is 0 Å². The van der Waals surface area contributed by atoms with Crippen LogP contribution in [0.15, 0.2) is 4.99 Å². The number of nitrogens with zero attached hydrogens (tertiary/aromatic N) is 1. The first-order valence-corrected chi connectivity index (χ1v) is 2.48. The third-order valence-electron chi connectivity index (χ3n) is 0.666. The Kier molecular flexibility index (Phi) is 2.76. The van der Waals surface area contributed by atoms with Crippen LogP contribution in [0.3, 0.4) is 0 Å². The molecule has 0 aliphatic heterocycles. The SMILES string of the molecule is CN=C(N)C(C)Cl. The molecule has 0 aromatic heterocycles. The van der Waals surface area contributed by atoms with E-state index in [9.17, 15) is 0 Å². The first-order valence-electron chi connectivity index (χ1n) is 2.04. The highest BCUT2D eigenvalue weighted by atomic mass is 35.5. The van der Waals surface area contributed by atoms with E-state index in [0.29, 0.717) is 5.84 Å². The molecule has 2 N–H and O–H groups in total. The van der Waals surface area contributed by atoms with Gasteiger partial charge in [0.1, 0.15) is 5.84 Å². The van der Waals surface area contributed by atoms with Crippen LogP contribution in [0.4, 0.5) is 0 Å². The van der Waals surface area contributed by atoms with Crippen molar-refractivity contribution in [1.29, 1.82) is 0 Å². The molecule has 0 rings (SSSR count). The number of halogens is 1. The van der Waals surface area contributed by atoms with E-state index in [1.165, 1.54) is 0 Å². The highest BCUT2D eigenvalue weighted by Crippen LogP contribution is 1.90. The Labute approximate surface area is 48.4 Å². The van der Waals surface area contributed by atoms with Crippen molar-refractivity contribution in [3.8, 4) is 0 Å². The van der Waals surface area contributed by atoms with Crippen LogP contribution in [0, 0.1) is 0 Å². The van der Waals surface area contributed by atoms with E-state index in [4.69, 9.17) is 17.3 Å². The zero-order chi connectivity index (χ0) is 5.86. The smallest absolute Gasteiger partial charge is 0.111 e. The minimum atomic E-state index is -0.134. The molecule has 0 aromatic carbocycles. The molecule has 0 saturated heterocycles. The fourth-order valence-corrected chi connectivity index (χ4v) is 0.275. The average molecular weight is 121 g/mol. The predicted molar refractivity (Wildman–Crippen MR) is 32.9 cm³/mol. The summed E-state index contributed by atoms with van der Waals surface area (Å²) in [5, 5.41) is -0.134. The number of hydrogen-bond donors (Lipinski definition) is 1.